The van der Waals surface area contributed by atoms with E-state index in [1.807, 2.05) is 30.3 Å². The van der Waals surface area contributed by atoms with Crippen LogP contribution in [-0.4, -0.2) is 18.3 Å². The van der Waals surface area contributed by atoms with Gasteiger partial charge >= 0.3 is 0 Å². The molecule has 0 aliphatic carbocycles. The van der Waals surface area contributed by atoms with Gasteiger partial charge in [-0.2, -0.15) is 0 Å². The summed E-state index contributed by atoms with van der Waals surface area (Å²) in [5.41, 5.74) is 6.29. The second-order valence-corrected chi connectivity index (χ2v) is 3.93. The number of ether oxygens (including phenoxy) is 1. The summed E-state index contributed by atoms with van der Waals surface area (Å²) in [6, 6.07) is 9.70. The van der Waals surface area contributed by atoms with Crippen LogP contribution >= 0.6 is 28.3 Å². The van der Waals surface area contributed by atoms with E-state index in [0.29, 0.717) is 29.3 Å². The van der Waals surface area contributed by atoms with Crippen LogP contribution in [-0.2, 0) is 0 Å². The lowest BCUT2D eigenvalue weighted by atomic mass is 10.2. The quantitative estimate of drug-likeness (QED) is 0.941. The first-order valence-electron chi connectivity index (χ1n) is 4.86. The molecule has 0 aliphatic heterocycles. The molecule has 2 aromatic rings. The van der Waals surface area contributed by atoms with Gasteiger partial charge in [0.25, 0.3) is 5.88 Å². The van der Waals surface area contributed by atoms with Crippen LogP contribution in [0.1, 0.15) is 0 Å². The van der Waals surface area contributed by atoms with E-state index in [9.17, 15) is 0 Å². The van der Waals surface area contributed by atoms with Gasteiger partial charge in [0.1, 0.15) is 11.1 Å². The summed E-state index contributed by atoms with van der Waals surface area (Å²) in [4.78, 5) is 0. The van der Waals surface area contributed by atoms with Crippen LogP contribution < -0.4 is 10.5 Å². The predicted octanol–water partition coefficient (Wildman–Crippen LogP) is 2.86. The fourth-order valence-electron chi connectivity index (χ4n) is 1.28. The van der Waals surface area contributed by atoms with Gasteiger partial charge in [0.2, 0.25) is 0 Å². The van der Waals surface area contributed by atoms with Crippen LogP contribution in [0.2, 0.25) is 0 Å². The molecule has 0 spiro atoms. The minimum absolute atomic E-state index is 0. The van der Waals surface area contributed by atoms with Crippen molar-refractivity contribution in [3.8, 4) is 17.2 Å². The Morgan fingerprint density at radius 3 is 2.65 bits per heavy atom. The number of nitrogens with two attached hydrogens (primary N) is 1. The molecule has 0 atom stereocenters. The van der Waals surface area contributed by atoms with Gasteiger partial charge in [-0.15, -0.1) is 12.4 Å². The standard InChI is InChI=1S/C11H11BrN2O2.ClH/c12-9-10(8-4-2-1-3-5-8)16-14-11(9)15-7-6-13;/h1-5H,6-7,13H2;1H. The zero-order valence-corrected chi connectivity index (χ0v) is 11.3. The van der Waals surface area contributed by atoms with E-state index in [1.54, 1.807) is 0 Å². The summed E-state index contributed by atoms with van der Waals surface area (Å²) in [7, 11) is 0. The molecule has 0 fully saturated rings. The van der Waals surface area contributed by atoms with E-state index in [0.717, 1.165) is 5.56 Å². The molecule has 17 heavy (non-hydrogen) atoms. The van der Waals surface area contributed by atoms with E-state index >= 15 is 0 Å². The van der Waals surface area contributed by atoms with Crippen LogP contribution in [0.3, 0.4) is 0 Å². The molecule has 0 aliphatic rings. The SMILES string of the molecule is Cl.NCCOc1noc(-c2ccccc2)c1Br. The van der Waals surface area contributed by atoms with Crippen LogP contribution in [0.5, 0.6) is 5.88 Å². The van der Waals surface area contributed by atoms with Gasteiger partial charge < -0.3 is 15.0 Å². The third-order valence-corrected chi connectivity index (χ3v) is 2.70. The maximum atomic E-state index is 5.35. The summed E-state index contributed by atoms with van der Waals surface area (Å²) in [6.45, 7) is 0.860. The number of hydrogen-bond donors (Lipinski definition) is 1. The van der Waals surface area contributed by atoms with Crippen molar-refractivity contribution in [3.63, 3.8) is 0 Å². The molecule has 0 saturated heterocycles. The average Bonchev–Trinajstić information content (AvgIpc) is 2.69. The maximum absolute atomic E-state index is 5.35. The van der Waals surface area contributed by atoms with Gasteiger partial charge in [-0.3, -0.25) is 0 Å². The van der Waals surface area contributed by atoms with Crippen LogP contribution in [0.4, 0.5) is 0 Å². The smallest absolute Gasteiger partial charge is 0.269 e. The summed E-state index contributed by atoms with van der Waals surface area (Å²) < 4.78 is 11.2. The first-order chi connectivity index (χ1) is 7.83. The Labute approximate surface area is 114 Å². The number of benzene rings is 1. The molecular formula is C11H12BrClN2O2. The van der Waals surface area contributed by atoms with Gasteiger partial charge in [-0.1, -0.05) is 30.3 Å². The van der Waals surface area contributed by atoms with Gasteiger partial charge in [0, 0.05) is 12.1 Å². The fourth-order valence-corrected chi connectivity index (χ4v) is 1.77. The Kier molecular flexibility index (Phi) is 5.47. The molecule has 6 heteroatoms. The molecule has 4 nitrogen and oxygen atoms in total. The third kappa shape index (κ3) is 3.21. The lowest BCUT2D eigenvalue weighted by Gasteiger charge is -1.99. The highest BCUT2D eigenvalue weighted by atomic mass is 79.9. The highest BCUT2D eigenvalue weighted by Crippen LogP contribution is 2.35. The monoisotopic (exact) mass is 318 g/mol. The van der Waals surface area contributed by atoms with E-state index < -0.39 is 0 Å². The normalized spacial score (nSPS) is 9.76. The van der Waals surface area contributed by atoms with Crippen molar-refractivity contribution < 1.29 is 9.26 Å². The van der Waals surface area contributed by atoms with Gasteiger partial charge in [-0.05, 0) is 21.1 Å². The van der Waals surface area contributed by atoms with Crippen LogP contribution in [0, 0.1) is 0 Å². The van der Waals surface area contributed by atoms with Crippen molar-refractivity contribution in [2.24, 2.45) is 5.73 Å². The summed E-state index contributed by atoms with van der Waals surface area (Å²) in [6.07, 6.45) is 0. The summed E-state index contributed by atoms with van der Waals surface area (Å²) in [5.74, 6) is 1.09. The fraction of sp³-hybridized carbons (Fsp3) is 0.182. The van der Waals surface area contributed by atoms with Gasteiger partial charge in [0.15, 0.2) is 5.76 Å². The molecule has 2 rings (SSSR count). The Morgan fingerprint density at radius 2 is 2.00 bits per heavy atom. The molecule has 1 heterocycles. The summed E-state index contributed by atoms with van der Waals surface area (Å²) >= 11 is 3.40. The Hall–Kier alpha value is -1.04. The molecule has 0 bridgehead atoms. The number of hydrogen-bond acceptors (Lipinski definition) is 4. The van der Waals surface area contributed by atoms with E-state index in [4.69, 9.17) is 15.0 Å². The second kappa shape index (κ2) is 6.64. The van der Waals surface area contributed by atoms with Gasteiger partial charge in [-0.25, -0.2) is 0 Å². The Bertz CT molecular complexity index is 462. The molecule has 1 aromatic heterocycles. The molecule has 0 amide bonds. The Balaban J connectivity index is 0.00000144. The van der Waals surface area contributed by atoms with Crippen molar-refractivity contribution in [1.29, 1.82) is 0 Å². The molecule has 0 saturated carbocycles. The highest BCUT2D eigenvalue weighted by molar-refractivity contribution is 9.10. The number of rotatable bonds is 4. The first-order valence-corrected chi connectivity index (χ1v) is 5.65. The van der Waals surface area contributed by atoms with E-state index in [-0.39, 0.29) is 12.4 Å². The van der Waals surface area contributed by atoms with Crippen molar-refractivity contribution in [1.82, 2.24) is 5.16 Å². The average molecular weight is 320 g/mol. The molecule has 0 radical (unpaired) electrons. The number of halogens is 2. The highest BCUT2D eigenvalue weighted by Gasteiger charge is 2.15. The topological polar surface area (TPSA) is 61.3 Å². The van der Waals surface area contributed by atoms with Crippen molar-refractivity contribution in [3.05, 3.63) is 34.8 Å². The van der Waals surface area contributed by atoms with Crippen molar-refractivity contribution >= 4 is 28.3 Å². The molecule has 0 unspecified atom stereocenters. The van der Waals surface area contributed by atoms with Crippen LogP contribution in [0.25, 0.3) is 11.3 Å². The minimum atomic E-state index is 0. The number of nitrogens with zero attached hydrogens (tertiary/aromatic N) is 1. The molecule has 1 aromatic carbocycles. The molecular weight excluding hydrogens is 307 g/mol. The first kappa shape index (κ1) is 14.0. The Morgan fingerprint density at radius 1 is 1.29 bits per heavy atom. The lowest BCUT2D eigenvalue weighted by molar-refractivity contribution is 0.287. The zero-order chi connectivity index (χ0) is 11.4. The van der Waals surface area contributed by atoms with E-state index in [2.05, 4.69) is 21.1 Å². The third-order valence-electron chi connectivity index (χ3n) is 2.00. The predicted molar refractivity (Wildman–Crippen MR) is 71.4 cm³/mol. The van der Waals surface area contributed by atoms with E-state index in [1.165, 1.54) is 0 Å². The second-order valence-electron chi connectivity index (χ2n) is 3.13. The molecule has 92 valence electrons. The van der Waals surface area contributed by atoms with Crippen molar-refractivity contribution in [2.75, 3.05) is 13.2 Å². The van der Waals surface area contributed by atoms with Crippen molar-refractivity contribution in [2.45, 2.75) is 0 Å². The minimum Gasteiger partial charge on any atom is -0.473 e. The largest absolute Gasteiger partial charge is 0.473 e. The molecule has 2 N–H and O–H groups in total. The van der Waals surface area contributed by atoms with Crippen LogP contribution in [0.15, 0.2) is 39.3 Å². The number of aromatic nitrogens is 1. The zero-order valence-electron chi connectivity index (χ0n) is 8.93. The van der Waals surface area contributed by atoms with Gasteiger partial charge in [0.05, 0.1) is 0 Å². The lowest BCUT2D eigenvalue weighted by Crippen LogP contribution is -2.10. The maximum Gasteiger partial charge on any atom is 0.269 e. The summed E-state index contributed by atoms with van der Waals surface area (Å²) in [5, 5.41) is 3.83.